The Labute approximate surface area is 111 Å². The van der Waals surface area contributed by atoms with Gasteiger partial charge in [0, 0.05) is 0 Å². The van der Waals surface area contributed by atoms with Crippen LogP contribution in [0.1, 0.15) is 42.5 Å². The number of carbonyl (C=O) groups excluding carboxylic acids is 1. The number of rotatable bonds is 3. The van der Waals surface area contributed by atoms with Gasteiger partial charge in [0.05, 0.1) is 17.7 Å². The fourth-order valence-corrected chi connectivity index (χ4v) is 2.40. The van der Waals surface area contributed by atoms with Crippen molar-refractivity contribution in [2.45, 2.75) is 44.2 Å². The van der Waals surface area contributed by atoms with E-state index >= 15 is 0 Å². The van der Waals surface area contributed by atoms with Crippen LogP contribution in [0.25, 0.3) is 0 Å². The van der Waals surface area contributed by atoms with Crippen molar-refractivity contribution in [1.29, 1.82) is 0 Å². The summed E-state index contributed by atoms with van der Waals surface area (Å²) < 4.78 is 0. The number of aromatic nitrogens is 2. The Morgan fingerprint density at radius 3 is 2.89 bits per heavy atom. The van der Waals surface area contributed by atoms with Gasteiger partial charge in [0.1, 0.15) is 17.3 Å². The Bertz CT molecular complexity index is 428. The zero-order valence-corrected chi connectivity index (χ0v) is 10.7. The number of hydrogen-bond acceptors (Lipinski definition) is 5. The number of nitrogens with one attached hydrogen (secondary N) is 1. The number of carbonyl (C=O) groups is 1. The smallest absolute Gasteiger partial charge is 0.156 e. The van der Waals surface area contributed by atoms with Crippen LogP contribution >= 0.6 is 11.6 Å². The predicted octanol–water partition coefficient (Wildman–Crippen LogP) is 2.05. The van der Waals surface area contributed by atoms with Gasteiger partial charge in [0.2, 0.25) is 0 Å². The van der Waals surface area contributed by atoms with Crippen molar-refractivity contribution in [3.05, 3.63) is 17.0 Å². The van der Waals surface area contributed by atoms with Crippen molar-refractivity contribution in [2.75, 3.05) is 5.32 Å². The van der Waals surface area contributed by atoms with E-state index in [-0.39, 0.29) is 16.8 Å². The molecule has 0 bridgehead atoms. The molecule has 2 unspecified atom stereocenters. The minimum Gasteiger partial charge on any atom is -0.391 e. The Hall–Kier alpha value is -1.20. The third kappa shape index (κ3) is 2.97. The van der Waals surface area contributed by atoms with Gasteiger partial charge in [-0.3, -0.25) is 4.79 Å². The summed E-state index contributed by atoms with van der Waals surface area (Å²) in [5, 5.41) is 13.3. The standard InChI is InChI=1S/C12H16ClN3O2/c13-11-8(6-17)12(15-7-14-11)16-9-4-2-1-3-5-10(9)18/h6-7,9-10,18H,1-5H2,(H,14,15,16). The molecule has 0 aliphatic heterocycles. The number of aldehydes is 1. The first-order chi connectivity index (χ1) is 8.72. The minimum absolute atomic E-state index is 0.0860. The number of nitrogens with zero attached hydrogens (tertiary/aromatic N) is 2. The van der Waals surface area contributed by atoms with Crippen molar-refractivity contribution >= 4 is 23.7 Å². The number of aliphatic hydroxyl groups is 1. The lowest BCUT2D eigenvalue weighted by Gasteiger charge is -2.22. The topological polar surface area (TPSA) is 75.1 Å². The second kappa shape index (κ2) is 6.11. The lowest BCUT2D eigenvalue weighted by molar-refractivity contribution is 0.112. The summed E-state index contributed by atoms with van der Waals surface area (Å²) in [4.78, 5) is 18.8. The highest BCUT2D eigenvalue weighted by atomic mass is 35.5. The highest BCUT2D eigenvalue weighted by Gasteiger charge is 2.23. The molecule has 0 radical (unpaired) electrons. The van der Waals surface area contributed by atoms with E-state index < -0.39 is 6.10 Å². The molecule has 5 nitrogen and oxygen atoms in total. The molecule has 1 aromatic heterocycles. The molecule has 2 atom stereocenters. The van der Waals surface area contributed by atoms with Gasteiger partial charge in [-0.2, -0.15) is 0 Å². The van der Waals surface area contributed by atoms with Crippen molar-refractivity contribution < 1.29 is 9.90 Å². The number of hydrogen-bond donors (Lipinski definition) is 2. The Morgan fingerprint density at radius 1 is 1.33 bits per heavy atom. The third-order valence-corrected chi connectivity index (χ3v) is 3.56. The van der Waals surface area contributed by atoms with Gasteiger partial charge in [0.15, 0.2) is 6.29 Å². The summed E-state index contributed by atoms with van der Waals surface area (Å²) in [6, 6.07) is -0.0860. The summed E-state index contributed by atoms with van der Waals surface area (Å²) in [7, 11) is 0. The van der Waals surface area contributed by atoms with E-state index in [4.69, 9.17) is 11.6 Å². The Morgan fingerprint density at radius 2 is 2.11 bits per heavy atom. The second-order valence-electron chi connectivity index (χ2n) is 4.50. The molecule has 0 amide bonds. The van der Waals surface area contributed by atoms with E-state index in [0.717, 1.165) is 32.1 Å². The molecule has 1 heterocycles. The van der Waals surface area contributed by atoms with Crippen LogP contribution in [0.15, 0.2) is 6.33 Å². The molecule has 0 spiro atoms. The lowest BCUT2D eigenvalue weighted by atomic mass is 10.1. The van der Waals surface area contributed by atoms with E-state index in [1.807, 2.05) is 0 Å². The van der Waals surface area contributed by atoms with Crippen molar-refractivity contribution in [3.8, 4) is 0 Å². The molecule has 0 saturated heterocycles. The fourth-order valence-electron chi connectivity index (χ4n) is 2.23. The van der Waals surface area contributed by atoms with Gasteiger partial charge in [-0.15, -0.1) is 0 Å². The summed E-state index contributed by atoms with van der Waals surface area (Å²) in [5.74, 6) is 0.399. The van der Waals surface area contributed by atoms with Crippen LogP contribution in [-0.2, 0) is 0 Å². The lowest BCUT2D eigenvalue weighted by Crippen LogP contribution is -2.33. The number of aliphatic hydroxyl groups excluding tert-OH is 1. The Kier molecular flexibility index (Phi) is 4.49. The molecule has 1 fully saturated rings. The highest BCUT2D eigenvalue weighted by molar-refractivity contribution is 6.32. The van der Waals surface area contributed by atoms with Gasteiger partial charge in [-0.25, -0.2) is 9.97 Å². The van der Waals surface area contributed by atoms with Gasteiger partial charge < -0.3 is 10.4 Å². The minimum atomic E-state index is -0.416. The maximum atomic E-state index is 11.0. The van der Waals surface area contributed by atoms with Crippen molar-refractivity contribution in [3.63, 3.8) is 0 Å². The molecule has 1 saturated carbocycles. The number of halogens is 1. The van der Waals surface area contributed by atoms with Crippen LogP contribution in [0.5, 0.6) is 0 Å². The second-order valence-corrected chi connectivity index (χ2v) is 4.86. The summed E-state index contributed by atoms with van der Waals surface area (Å²) in [5.41, 5.74) is 0.246. The van der Waals surface area contributed by atoms with E-state index in [1.54, 1.807) is 0 Å². The average Bonchev–Trinajstić information content (AvgIpc) is 2.55. The Balaban J connectivity index is 2.17. The molecule has 0 aromatic carbocycles. The van der Waals surface area contributed by atoms with E-state index in [2.05, 4.69) is 15.3 Å². The van der Waals surface area contributed by atoms with Crippen molar-refractivity contribution in [2.24, 2.45) is 0 Å². The van der Waals surface area contributed by atoms with Crippen LogP contribution in [0.3, 0.4) is 0 Å². The summed E-state index contributed by atoms with van der Waals surface area (Å²) >= 11 is 5.83. The van der Waals surface area contributed by atoms with Crippen LogP contribution in [0.2, 0.25) is 5.15 Å². The molecule has 18 heavy (non-hydrogen) atoms. The SMILES string of the molecule is O=Cc1c(Cl)ncnc1NC1CCCCCC1O. The maximum Gasteiger partial charge on any atom is 0.156 e. The normalized spacial score (nSPS) is 24.3. The summed E-state index contributed by atoms with van der Waals surface area (Å²) in [6.45, 7) is 0. The zero-order chi connectivity index (χ0) is 13.0. The maximum absolute atomic E-state index is 11.0. The van der Waals surface area contributed by atoms with Crippen LogP contribution in [0.4, 0.5) is 5.82 Å². The molecule has 1 aromatic rings. The van der Waals surface area contributed by atoms with Gasteiger partial charge in [0.25, 0.3) is 0 Å². The molecule has 6 heteroatoms. The van der Waals surface area contributed by atoms with Crippen LogP contribution in [-0.4, -0.2) is 33.5 Å². The van der Waals surface area contributed by atoms with Gasteiger partial charge in [-0.1, -0.05) is 30.9 Å². The molecule has 1 aliphatic carbocycles. The quantitative estimate of drug-likeness (QED) is 0.499. The first-order valence-corrected chi connectivity index (χ1v) is 6.50. The first kappa shape index (κ1) is 13.2. The average molecular weight is 270 g/mol. The predicted molar refractivity (Wildman–Crippen MR) is 68.9 cm³/mol. The third-order valence-electron chi connectivity index (χ3n) is 3.25. The number of anilines is 1. The van der Waals surface area contributed by atoms with Gasteiger partial charge >= 0.3 is 0 Å². The first-order valence-electron chi connectivity index (χ1n) is 6.12. The van der Waals surface area contributed by atoms with Crippen molar-refractivity contribution in [1.82, 2.24) is 9.97 Å². The van der Waals surface area contributed by atoms with Gasteiger partial charge in [-0.05, 0) is 12.8 Å². The van der Waals surface area contributed by atoms with E-state index in [9.17, 15) is 9.90 Å². The van der Waals surface area contributed by atoms with Crippen LogP contribution in [0, 0.1) is 0 Å². The molecule has 98 valence electrons. The molecule has 2 rings (SSSR count). The zero-order valence-electron chi connectivity index (χ0n) is 9.97. The highest BCUT2D eigenvalue weighted by Crippen LogP contribution is 2.23. The van der Waals surface area contributed by atoms with Crippen LogP contribution < -0.4 is 5.32 Å². The molecule has 2 N–H and O–H groups in total. The van der Waals surface area contributed by atoms with E-state index in [1.165, 1.54) is 6.33 Å². The summed E-state index contributed by atoms with van der Waals surface area (Å²) in [6.07, 6.45) is 6.37. The largest absolute Gasteiger partial charge is 0.391 e. The van der Waals surface area contributed by atoms with E-state index in [0.29, 0.717) is 12.1 Å². The molecular weight excluding hydrogens is 254 g/mol. The molecule has 1 aliphatic rings. The molecular formula is C12H16ClN3O2. The monoisotopic (exact) mass is 269 g/mol. The fraction of sp³-hybridized carbons (Fsp3) is 0.583.